The van der Waals surface area contributed by atoms with E-state index in [2.05, 4.69) is 25.7 Å². The van der Waals surface area contributed by atoms with E-state index in [0.717, 1.165) is 17.8 Å². The van der Waals surface area contributed by atoms with Crippen molar-refractivity contribution in [3.05, 3.63) is 0 Å². The van der Waals surface area contributed by atoms with Gasteiger partial charge in [-0.3, -0.25) is 4.90 Å². The van der Waals surface area contributed by atoms with Gasteiger partial charge in [0.05, 0.1) is 0 Å². The van der Waals surface area contributed by atoms with E-state index >= 15 is 0 Å². The average Bonchev–Trinajstić information content (AvgIpc) is 2.78. The van der Waals surface area contributed by atoms with E-state index in [-0.39, 0.29) is 0 Å². The standard InChI is InChI=1S/C16H32N2/c1-4-5-13-8-9-18(11-13)16-10-14(12(2)3)6-7-15(16)17/h12-16H,4-11,17H2,1-3H3. The summed E-state index contributed by atoms with van der Waals surface area (Å²) in [5, 5.41) is 0. The van der Waals surface area contributed by atoms with Crippen molar-refractivity contribution in [2.45, 2.75) is 71.4 Å². The van der Waals surface area contributed by atoms with E-state index in [1.54, 1.807) is 0 Å². The second-order valence-electron chi connectivity index (χ2n) is 6.99. The van der Waals surface area contributed by atoms with Crippen molar-refractivity contribution in [1.82, 2.24) is 4.90 Å². The second-order valence-corrected chi connectivity index (χ2v) is 6.99. The molecule has 0 aromatic heterocycles. The maximum Gasteiger partial charge on any atom is 0.0250 e. The highest BCUT2D eigenvalue weighted by atomic mass is 15.2. The Balaban J connectivity index is 1.90. The summed E-state index contributed by atoms with van der Waals surface area (Å²) < 4.78 is 0. The van der Waals surface area contributed by atoms with Crippen LogP contribution in [0.3, 0.4) is 0 Å². The van der Waals surface area contributed by atoms with Crippen LogP contribution in [0.2, 0.25) is 0 Å². The molecule has 1 aliphatic carbocycles. The summed E-state index contributed by atoms with van der Waals surface area (Å²) in [6, 6.07) is 1.10. The molecular weight excluding hydrogens is 220 g/mol. The van der Waals surface area contributed by atoms with Crippen LogP contribution in [-0.4, -0.2) is 30.1 Å². The molecule has 4 unspecified atom stereocenters. The second kappa shape index (κ2) is 6.38. The fraction of sp³-hybridized carbons (Fsp3) is 1.00. The van der Waals surface area contributed by atoms with Gasteiger partial charge in [0.15, 0.2) is 0 Å². The van der Waals surface area contributed by atoms with Crippen LogP contribution in [0.1, 0.15) is 59.3 Å². The minimum atomic E-state index is 0.431. The molecule has 0 aromatic rings. The number of rotatable bonds is 4. The first-order valence-corrected chi connectivity index (χ1v) is 8.11. The molecule has 2 N–H and O–H groups in total. The van der Waals surface area contributed by atoms with E-state index < -0.39 is 0 Å². The summed E-state index contributed by atoms with van der Waals surface area (Å²) in [5.41, 5.74) is 6.40. The molecule has 1 heterocycles. The van der Waals surface area contributed by atoms with E-state index in [1.807, 2.05) is 0 Å². The van der Waals surface area contributed by atoms with Gasteiger partial charge in [0.25, 0.3) is 0 Å². The predicted octanol–water partition coefficient (Wildman–Crippen LogP) is 3.26. The Morgan fingerprint density at radius 3 is 2.67 bits per heavy atom. The van der Waals surface area contributed by atoms with Gasteiger partial charge in [-0.2, -0.15) is 0 Å². The zero-order chi connectivity index (χ0) is 13.1. The maximum atomic E-state index is 6.40. The van der Waals surface area contributed by atoms with Crippen molar-refractivity contribution >= 4 is 0 Å². The fourth-order valence-electron chi connectivity index (χ4n) is 4.03. The van der Waals surface area contributed by atoms with Crippen molar-refractivity contribution in [1.29, 1.82) is 0 Å². The third kappa shape index (κ3) is 3.27. The molecule has 2 rings (SSSR count). The molecule has 0 aromatic carbocycles. The molecule has 2 fully saturated rings. The lowest BCUT2D eigenvalue weighted by atomic mass is 9.76. The molecule has 0 bridgehead atoms. The third-order valence-electron chi connectivity index (χ3n) is 5.34. The summed E-state index contributed by atoms with van der Waals surface area (Å²) in [6.45, 7) is 9.68. The first-order chi connectivity index (χ1) is 8.61. The normalized spacial score (nSPS) is 38.5. The predicted molar refractivity (Wildman–Crippen MR) is 78.5 cm³/mol. The van der Waals surface area contributed by atoms with Crippen LogP contribution in [0.25, 0.3) is 0 Å². The van der Waals surface area contributed by atoms with Crippen molar-refractivity contribution in [3.8, 4) is 0 Å². The Morgan fingerprint density at radius 2 is 2.00 bits per heavy atom. The largest absolute Gasteiger partial charge is 0.326 e. The van der Waals surface area contributed by atoms with Gasteiger partial charge >= 0.3 is 0 Å². The highest BCUT2D eigenvalue weighted by molar-refractivity contribution is 4.93. The zero-order valence-electron chi connectivity index (χ0n) is 12.6. The summed E-state index contributed by atoms with van der Waals surface area (Å²) in [5.74, 6) is 2.68. The third-order valence-corrected chi connectivity index (χ3v) is 5.34. The Morgan fingerprint density at radius 1 is 1.22 bits per heavy atom. The molecule has 1 aliphatic heterocycles. The smallest absolute Gasteiger partial charge is 0.0250 e. The van der Waals surface area contributed by atoms with Gasteiger partial charge in [-0.1, -0.05) is 27.2 Å². The van der Waals surface area contributed by atoms with Crippen LogP contribution in [0.4, 0.5) is 0 Å². The number of likely N-dealkylation sites (tertiary alicyclic amines) is 1. The molecule has 4 atom stereocenters. The maximum absolute atomic E-state index is 6.40. The van der Waals surface area contributed by atoms with Gasteiger partial charge in [0.2, 0.25) is 0 Å². The minimum absolute atomic E-state index is 0.431. The number of hydrogen-bond acceptors (Lipinski definition) is 2. The molecule has 2 nitrogen and oxygen atoms in total. The lowest BCUT2D eigenvalue weighted by molar-refractivity contribution is 0.113. The zero-order valence-corrected chi connectivity index (χ0v) is 12.6. The SMILES string of the molecule is CCCC1CCN(C2CC(C(C)C)CCC2N)C1. The molecule has 106 valence electrons. The topological polar surface area (TPSA) is 29.3 Å². The van der Waals surface area contributed by atoms with E-state index in [4.69, 9.17) is 5.73 Å². The fourth-order valence-corrected chi connectivity index (χ4v) is 4.03. The molecule has 2 aliphatic rings. The molecule has 0 spiro atoms. The Bertz CT molecular complexity index is 251. The monoisotopic (exact) mass is 252 g/mol. The Hall–Kier alpha value is -0.0800. The van der Waals surface area contributed by atoms with Crippen molar-refractivity contribution in [2.24, 2.45) is 23.5 Å². The van der Waals surface area contributed by atoms with Crippen LogP contribution in [-0.2, 0) is 0 Å². The molecule has 0 radical (unpaired) electrons. The number of hydrogen-bond donors (Lipinski definition) is 1. The Kier molecular flexibility index (Phi) is 5.08. The van der Waals surface area contributed by atoms with Crippen LogP contribution >= 0.6 is 0 Å². The lowest BCUT2D eigenvalue weighted by Crippen LogP contribution is -2.51. The van der Waals surface area contributed by atoms with Crippen molar-refractivity contribution < 1.29 is 0 Å². The highest BCUT2D eigenvalue weighted by Crippen LogP contribution is 2.34. The molecule has 1 saturated heterocycles. The van der Waals surface area contributed by atoms with Gasteiger partial charge in [-0.25, -0.2) is 0 Å². The molecule has 1 saturated carbocycles. The van der Waals surface area contributed by atoms with Crippen LogP contribution in [0, 0.1) is 17.8 Å². The Labute approximate surface area is 113 Å². The molecule has 18 heavy (non-hydrogen) atoms. The van der Waals surface area contributed by atoms with Gasteiger partial charge in [0.1, 0.15) is 0 Å². The number of nitrogens with zero attached hydrogens (tertiary/aromatic N) is 1. The van der Waals surface area contributed by atoms with Gasteiger partial charge in [0, 0.05) is 18.6 Å². The molecular formula is C16H32N2. The quantitative estimate of drug-likeness (QED) is 0.832. The first-order valence-electron chi connectivity index (χ1n) is 8.11. The minimum Gasteiger partial charge on any atom is -0.326 e. The molecule has 0 amide bonds. The summed E-state index contributed by atoms with van der Waals surface area (Å²) in [7, 11) is 0. The summed E-state index contributed by atoms with van der Waals surface area (Å²) in [6.07, 6.45) is 8.08. The molecule has 2 heteroatoms. The number of nitrogens with two attached hydrogens (primary N) is 1. The van der Waals surface area contributed by atoms with Gasteiger partial charge in [-0.15, -0.1) is 0 Å². The van der Waals surface area contributed by atoms with Crippen molar-refractivity contribution in [2.75, 3.05) is 13.1 Å². The summed E-state index contributed by atoms with van der Waals surface area (Å²) >= 11 is 0. The average molecular weight is 252 g/mol. The highest BCUT2D eigenvalue weighted by Gasteiger charge is 2.36. The van der Waals surface area contributed by atoms with Crippen LogP contribution < -0.4 is 5.73 Å². The van der Waals surface area contributed by atoms with E-state index in [0.29, 0.717) is 12.1 Å². The first kappa shape index (κ1) is 14.3. The van der Waals surface area contributed by atoms with E-state index in [1.165, 1.54) is 51.6 Å². The lowest BCUT2D eigenvalue weighted by Gasteiger charge is -2.41. The van der Waals surface area contributed by atoms with Crippen molar-refractivity contribution in [3.63, 3.8) is 0 Å². The van der Waals surface area contributed by atoms with Gasteiger partial charge < -0.3 is 5.73 Å². The van der Waals surface area contributed by atoms with Gasteiger partial charge in [-0.05, 0) is 56.4 Å². The summed E-state index contributed by atoms with van der Waals surface area (Å²) in [4.78, 5) is 2.72. The van der Waals surface area contributed by atoms with Crippen LogP contribution in [0.15, 0.2) is 0 Å². The van der Waals surface area contributed by atoms with Crippen LogP contribution in [0.5, 0.6) is 0 Å². The van der Waals surface area contributed by atoms with E-state index in [9.17, 15) is 0 Å².